The van der Waals surface area contributed by atoms with Crippen molar-refractivity contribution in [2.75, 3.05) is 29.9 Å². The molecular formula is C24H31N3O2. The number of hydrogen-bond acceptors (Lipinski definition) is 3. The topological polar surface area (TPSA) is 61.4 Å². The van der Waals surface area contributed by atoms with Gasteiger partial charge in [-0.2, -0.15) is 0 Å². The molecule has 3 rings (SSSR count). The average molecular weight is 394 g/mol. The third-order valence-corrected chi connectivity index (χ3v) is 5.52. The van der Waals surface area contributed by atoms with Crippen molar-refractivity contribution in [1.29, 1.82) is 0 Å². The van der Waals surface area contributed by atoms with Crippen LogP contribution in [-0.4, -0.2) is 31.4 Å². The van der Waals surface area contributed by atoms with Crippen LogP contribution in [0.15, 0.2) is 54.6 Å². The molecule has 2 aromatic carbocycles. The lowest BCUT2D eigenvalue weighted by Crippen LogP contribution is -2.45. The van der Waals surface area contributed by atoms with Gasteiger partial charge in [0.1, 0.15) is 5.41 Å². The third kappa shape index (κ3) is 5.59. The zero-order valence-corrected chi connectivity index (χ0v) is 17.4. The van der Waals surface area contributed by atoms with Gasteiger partial charge in [0.25, 0.3) is 0 Å². The van der Waals surface area contributed by atoms with Gasteiger partial charge in [-0.15, -0.1) is 0 Å². The molecule has 0 radical (unpaired) electrons. The minimum atomic E-state index is -1.15. The number of rotatable bonds is 7. The van der Waals surface area contributed by atoms with Crippen LogP contribution in [0.3, 0.4) is 0 Å². The van der Waals surface area contributed by atoms with Gasteiger partial charge in [-0.1, -0.05) is 30.3 Å². The summed E-state index contributed by atoms with van der Waals surface area (Å²) in [6.45, 7) is 5.98. The molecule has 5 heteroatoms. The Labute approximate surface area is 173 Å². The molecule has 29 heavy (non-hydrogen) atoms. The highest BCUT2D eigenvalue weighted by molar-refractivity contribution is 6.09. The van der Waals surface area contributed by atoms with E-state index in [4.69, 9.17) is 0 Å². The Balaban J connectivity index is 1.51. The standard InChI is InChI=1S/C24H31N3O2/c1-24(2,22(28)25-16-15-19-9-5-3-6-10-19)23(29)26-20-11-13-21(14-12-20)27-17-7-4-8-18-27/h3,5-6,9-14H,4,7-8,15-18H2,1-2H3,(H,25,28)(H,26,29). The fraction of sp³-hybridized carbons (Fsp3) is 0.417. The van der Waals surface area contributed by atoms with Crippen LogP contribution >= 0.6 is 0 Å². The second kappa shape index (κ2) is 9.59. The zero-order valence-electron chi connectivity index (χ0n) is 17.4. The highest BCUT2D eigenvalue weighted by Crippen LogP contribution is 2.24. The summed E-state index contributed by atoms with van der Waals surface area (Å²) >= 11 is 0. The molecule has 2 aromatic rings. The van der Waals surface area contributed by atoms with E-state index >= 15 is 0 Å². The number of carbonyl (C=O) groups is 2. The number of nitrogens with zero attached hydrogens (tertiary/aromatic N) is 1. The van der Waals surface area contributed by atoms with Crippen LogP contribution in [0.25, 0.3) is 0 Å². The lowest BCUT2D eigenvalue weighted by molar-refractivity contribution is -0.138. The molecule has 0 bridgehead atoms. The van der Waals surface area contributed by atoms with E-state index in [1.165, 1.54) is 24.9 Å². The molecule has 0 saturated carbocycles. The Morgan fingerprint density at radius 3 is 2.21 bits per heavy atom. The van der Waals surface area contributed by atoms with E-state index in [9.17, 15) is 9.59 Å². The number of amides is 2. The van der Waals surface area contributed by atoms with Gasteiger partial charge in [0.2, 0.25) is 11.8 Å². The molecule has 0 atom stereocenters. The Morgan fingerprint density at radius 2 is 1.55 bits per heavy atom. The first kappa shape index (κ1) is 20.9. The summed E-state index contributed by atoms with van der Waals surface area (Å²) in [5, 5.41) is 5.77. The Kier molecular flexibility index (Phi) is 6.91. The highest BCUT2D eigenvalue weighted by atomic mass is 16.2. The largest absolute Gasteiger partial charge is 0.372 e. The summed E-state index contributed by atoms with van der Waals surface area (Å²) < 4.78 is 0. The zero-order chi connectivity index (χ0) is 20.7. The molecule has 1 aliphatic heterocycles. The summed E-state index contributed by atoms with van der Waals surface area (Å²) in [6.07, 6.45) is 4.49. The van der Waals surface area contributed by atoms with E-state index < -0.39 is 5.41 Å². The quantitative estimate of drug-likeness (QED) is 0.699. The molecule has 0 aromatic heterocycles. The Morgan fingerprint density at radius 1 is 0.897 bits per heavy atom. The van der Waals surface area contributed by atoms with Crippen LogP contribution in [0.4, 0.5) is 11.4 Å². The van der Waals surface area contributed by atoms with E-state index in [0.29, 0.717) is 12.2 Å². The maximum Gasteiger partial charge on any atom is 0.239 e. The van der Waals surface area contributed by atoms with Crippen LogP contribution < -0.4 is 15.5 Å². The molecule has 154 valence electrons. The minimum absolute atomic E-state index is 0.268. The fourth-order valence-electron chi connectivity index (χ4n) is 3.48. The first-order valence-electron chi connectivity index (χ1n) is 10.5. The van der Waals surface area contributed by atoms with Crippen LogP contribution in [0.2, 0.25) is 0 Å². The summed E-state index contributed by atoms with van der Waals surface area (Å²) in [5.41, 5.74) is 1.90. The van der Waals surface area contributed by atoms with E-state index in [1.807, 2.05) is 54.6 Å². The normalized spacial score (nSPS) is 14.3. The van der Waals surface area contributed by atoms with Crippen molar-refractivity contribution < 1.29 is 9.59 Å². The molecule has 1 fully saturated rings. The van der Waals surface area contributed by atoms with Crippen molar-refractivity contribution in [1.82, 2.24) is 5.32 Å². The van der Waals surface area contributed by atoms with Gasteiger partial charge in [-0.05, 0) is 69.4 Å². The van der Waals surface area contributed by atoms with Crippen LogP contribution in [-0.2, 0) is 16.0 Å². The van der Waals surface area contributed by atoms with Crippen LogP contribution in [0.1, 0.15) is 38.7 Å². The monoisotopic (exact) mass is 393 g/mol. The first-order chi connectivity index (χ1) is 14.0. The molecule has 2 N–H and O–H groups in total. The van der Waals surface area contributed by atoms with Crippen molar-refractivity contribution in [3.63, 3.8) is 0 Å². The number of anilines is 2. The van der Waals surface area contributed by atoms with Crippen molar-refractivity contribution >= 4 is 23.2 Å². The summed E-state index contributed by atoms with van der Waals surface area (Å²) in [5.74, 6) is -0.573. The average Bonchev–Trinajstić information content (AvgIpc) is 2.75. The highest BCUT2D eigenvalue weighted by Gasteiger charge is 2.35. The van der Waals surface area contributed by atoms with Crippen molar-refractivity contribution in [3.05, 3.63) is 60.2 Å². The van der Waals surface area contributed by atoms with E-state index in [2.05, 4.69) is 15.5 Å². The van der Waals surface area contributed by atoms with E-state index in [1.54, 1.807) is 13.8 Å². The molecule has 1 aliphatic rings. The van der Waals surface area contributed by atoms with Crippen LogP contribution in [0.5, 0.6) is 0 Å². The third-order valence-electron chi connectivity index (χ3n) is 5.52. The lowest BCUT2D eigenvalue weighted by Gasteiger charge is -2.29. The predicted octanol–water partition coefficient (Wildman–Crippen LogP) is 4.00. The molecule has 2 amide bonds. The van der Waals surface area contributed by atoms with Gasteiger partial charge >= 0.3 is 0 Å². The molecule has 0 aliphatic carbocycles. The van der Waals surface area contributed by atoms with Gasteiger partial charge in [-0.3, -0.25) is 9.59 Å². The maximum atomic E-state index is 12.7. The SMILES string of the molecule is CC(C)(C(=O)NCCc1ccccc1)C(=O)Nc1ccc(N2CCCCC2)cc1. The van der Waals surface area contributed by atoms with Crippen molar-refractivity contribution in [2.24, 2.45) is 5.41 Å². The Bertz CT molecular complexity index is 810. The van der Waals surface area contributed by atoms with Gasteiger partial charge < -0.3 is 15.5 Å². The van der Waals surface area contributed by atoms with Crippen LogP contribution in [0, 0.1) is 5.41 Å². The first-order valence-corrected chi connectivity index (χ1v) is 10.5. The molecule has 1 saturated heterocycles. The molecular weight excluding hydrogens is 362 g/mol. The van der Waals surface area contributed by atoms with Crippen molar-refractivity contribution in [3.8, 4) is 0 Å². The molecule has 0 unspecified atom stereocenters. The second-order valence-corrected chi connectivity index (χ2v) is 8.17. The number of nitrogens with one attached hydrogen (secondary N) is 2. The van der Waals surface area contributed by atoms with E-state index in [0.717, 1.165) is 25.1 Å². The second-order valence-electron chi connectivity index (χ2n) is 8.17. The lowest BCUT2D eigenvalue weighted by atomic mass is 9.90. The smallest absolute Gasteiger partial charge is 0.239 e. The number of benzene rings is 2. The van der Waals surface area contributed by atoms with Gasteiger partial charge in [0.15, 0.2) is 0 Å². The summed E-state index contributed by atoms with van der Waals surface area (Å²) in [4.78, 5) is 27.7. The van der Waals surface area contributed by atoms with Gasteiger partial charge in [0.05, 0.1) is 0 Å². The van der Waals surface area contributed by atoms with Gasteiger partial charge in [-0.25, -0.2) is 0 Å². The minimum Gasteiger partial charge on any atom is -0.372 e. The Hall–Kier alpha value is -2.82. The summed E-state index contributed by atoms with van der Waals surface area (Å²) in [6, 6.07) is 17.9. The number of carbonyl (C=O) groups excluding carboxylic acids is 2. The fourth-order valence-corrected chi connectivity index (χ4v) is 3.48. The molecule has 1 heterocycles. The van der Waals surface area contributed by atoms with Gasteiger partial charge in [0, 0.05) is 31.0 Å². The number of piperidine rings is 1. The number of hydrogen-bond donors (Lipinski definition) is 2. The van der Waals surface area contributed by atoms with E-state index in [-0.39, 0.29) is 11.8 Å². The summed E-state index contributed by atoms with van der Waals surface area (Å²) in [7, 11) is 0. The molecule has 5 nitrogen and oxygen atoms in total. The predicted molar refractivity (Wildman–Crippen MR) is 118 cm³/mol. The molecule has 0 spiro atoms. The van der Waals surface area contributed by atoms with Crippen molar-refractivity contribution in [2.45, 2.75) is 39.5 Å². The maximum absolute atomic E-state index is 12.7.